The quantitative estimate of drug-likeness (QED) is 0.518. The maximum atomic E-state index is 11.9. The van der Waals surface area contributed by atoms with Crippen LogP contribution in [-0.2, 0) is 9.53 Å². The number of benzene rings is 1. The van der Waals surface area contributed by atoms with Gasteiger partial charge in [-0.1, -0.05) is 24.3 Å². The number of hydrogen-bond acceptors (Lipinski definition) is 7. The van der Waals surface area contributed by atoms with Crippen LogP contribution in [0.25, 0.3) is 9.88 Å². The molecule has 9 heteroatoms. The highest BCUT2D eigenvalue weighted by atomic mass is 32.1. The number of esters is 1. The number of aromatic nitrogens is 1. The van der Waals surface area contributed by atoms with Crippen LogP contribution in [0.2, 0.25) is 0 Å². The van der Waals surface area contributed by atoms with Crippen molar-refractivity contribution in [1.29, 1.82) is 0 Å². The van der Waals surface area contributed by atoms with Crippen LogP contribution in [0.4, 0.5) is 0 Å². The minimum atomic E-state index is -0.700. The van der Waals surface area contributed by atoms with Crippen LogP contribution in [-0.4, -0.2) is 29.4 Å². The number of ether oxygens (including phenoxy) is 1. The Morgan fingerprint density at radius 3 is 2.54 bits per heavy atom. The van der Waals surface area contributed by atoms with Gasteiger partial charge in [0.05, 0.1) is 4.88 Å². The molecule has 1 aromatic carbocycles. The maximum absolute atomic E-state index is 11.9. The van der Waals surface area contributed by atoms with Gasteiger partial charge >= 0.3 is 5.97 Å². The zero-order chi connectivity index (χ0) is 18.4. The van der Waals surface area contributed by atoms with E-state index in [0.717, 1.165) is 4.88 Å². The summed E-state index contributed by atoms with van der Waals surface area (Å²) in [6.45, 7) is -0.528. The van der Waals surface area contributed by atoms with Crippen LogP contribution >= 0.6 is 22.7 Å². The first-order valence-electron chi connectivity index (χ1n) is 7.44. The molecule has 7 nitrogen and oxygen atoms in total. The van der Waals surface area contributed by atoms with Crippen molar-refractivity contribution in [1.82, 2.24) is 15.8 Å². The first kappa shape index (κ1) is 17.8. The van der Waals surface area contributed by atoms with Gasteiger partial charge in [-0.25, -0.2) is 9.78 Å². The lowest BCUT2D eigenvalue weighted by Crippen LogP contribution is -2.43. The van der Waals surface area contributed by atoms with Crippen LogP contribution < -0.4 is 10.9 Å². The van der Waals surface area contributed by atoms with E-state index in [1.165, 1.54) is 22.7 Å². The Hall–Kier alpha value is -3.04. The van der Waals surface area contributed by atoms with Gasteiger partial charge < -0.3 is 4.74 Å². The zero-order valence-corrected chi connectivity index (χ0v) is 14.9. The molecule has 26 heavy (non-hydrogen) atoms. The van der Waals surface area contributed by atoms with Crippen LogP contribution in [0.3, 0.4) is 0 Å². The fourth-order valence-electron chi connectivity index (χ4n) is 1.91. The third kappa shape index (κ3) is 4.52. The number of amides is 2. The lowest BCUT2D eigenvalue weighted by atomic mass is 10.2. The summed E-state index contributed by atoms with van der Waals surface area (Å²) >= 11 is 2.84. The Bertz CT molecular complexity index is 907. The van der Waals surface area contributed by atoms with E-state index >= 15 is 0 Å². The molecular formula is C17H13N3O4S2. The van der Waals surface area contributed by atoms with Gasteiger partial charge in [0.25, 0.3) is 11.8 Å². The Morgan fingerprint density at radius 2 is 1.81 bits per heavy atom. The fourth-order valence-corrected chi connectivity index (χ4v) is 3.51. The summed E-state index contributed by atoms with van der Waals surface area (Å²) in [6, 6.07) is 12.2. The molecule has 3 rings (SSSR count). The molecule has 0 unspecified atom stereocenters. The molecule has 0 saturated heterocycles. The molecular weight excluding hydrogens is 374 g/mol. The van der Waals surface area contributed by atoms with Gasteiger partial charge in [0.15, 0.2) is 12.3 Å². The summed E-state index contributed by atoms with van der Waals surface area (Å²) in [4.78, 5) is 40.6. The van der Waals surface area contributed by atoms with E-state index in [9.17, 15) is 14.4 Å². The predicted octanol–water partition coefficient (Wildman–Crippen LogP) is 2.49. The molecule has 3 aromatic rings. The second kappa shape index (κ2) is 8.37. The van der Waals surface area contributed by atoms with E-state index in [1.807, 2.05) is 17.5 Å². The normalized spacial score (nSPS) is 10.2. The van der Waals surface area contributed by atoms with Gasteiger partial charge in [-0.05, 0) is 23.6 Å². The predicted molar refractivity (Wildman–Crippen MR) is 97.8 cm³/mol. The molecule has 0 fully saturated rings. The Labute approximate surface area is 156 Å². The summed E-state index contributed by atoms with van der Waals surface area (Å²) in [7, 11) is 0. The highest BCUT2D eigenvalue weighted by Crippen LogP contribution is 2.27. The van der Waals surface area contributed by atoms with E-state index in [0.29, 0.717) is 10.6 Å². The molecule has 0 aliphatic rings. The Morgan fingerprint density at radius 1 is 1.00 bits per heavy atom. The average Bonchev–Trinajstić information content (AvgIpc) is 3.36. The first-order valence-corrected chi connectivity index (χ1v) is 9.20. The fraction of sp³-hybridized carbons (Fsp3) is 0.0588. The van der Waals surface area contributed by atoms with Crippen molar-refractivity contribution in [3.8, 4) is 9.88 Å². The summed E-state index contributed by atoms with van der Waals surface area (Å²) in [5.74, 6) is -1.82. The third-order valence-electron chi connectivity index (χ3n) is 3.13. The number of hydrogen-bond donors (Lipinski definition) is 2. The second-order valence-electron chi connectivity index (χ2n) is 4.96. The third-order valence-corrected chi connectivity index (χ3v) is 5.01. The molecule has 2 aromatic heterocycles. The summed E-state index contributed by atoms with van der Waals surface area (Å²) < 4.78 is 4.90. The molecule has 2 amide bonds. The largest absolute Gasteiger partial charge is 0.451 e. The first-order chi connectivity index (χ1) is 12.6. The molecule has 0 aliphatic heterocycles. The molecule has 2 heterocycles. The van der Waals surface area contributed by atoms with Gasteiger partial charge in [0, 0.05) is 10.9 Å². The van der Waals surface area contributed by atoms with E-state index in [2.05, 4.69) is 15.8 Å². The molecule has 0 radical (unpaired) electrons. The van der Waals surface area contributed by atoms with Crippen molar-refractivity contribution < 1.29 is 19.1 Å². The van der Waals surface area contributed by atoms with E-state index < -0.39 is 24.4 Å². The molecule has 2 N–H and O–H groups in total. The lowest BCUT2D eigenvalue weighted by molar-refractivity contribution is -0.125. The van der Waals surface area contributed by atoms with E-state index in [1.54, 1.807) is 35.7 Å². The number of nitrogens with one attached hydrogen (secondary N) is 2. The lowest BCUT2D eigenvalue weighted by Gasteiger charge is -2.07. The number of rotatable bonds is 5. The highest BCUT2D eigenvalue weighted by Gasteiger charge is 2.15. The maximum Gasteiger partial charge on any atom is 0.358 e. The second-order valence-corrected chi connectivity index (χ2v) is 6.77. The van der Waals surface area contributed by atoms with Crippen molar-refractivity contribution in [2.75, 3.05) is 6.61 Å². The van der Waals surface area contributed by atoms with E-state index in [-0.39, 0.29) is 5.69 Å². The minimum absolute atomic E-state index is 0.138. The van der Waals surface area contributed by atoms with Crippen LogP contribution in [0.5, 0.6) is 0 Å². The number of carbonyl (C=O) groups excluding carboxylic acids is 3. The highest BCUT2D eigenvalue weighted by molar-refractivity contribution is 7.20. The number of thiophene rings is 1. The molecule has 0 atom stereocenters. The van der Waals surface area contributed by atoms with Crippen LogP contribution in [0.1, 0.15) is 20.8 Å². The van der Waals surface area contributed by atoms with Gasteiger partial charge in [-0.15, -0.1) is 22.7 Å². The summed E-state index contributed by atoms with van der Waals surface area (Å²) in [5, 5.41) is 4.21. The number of nitrogens with zero attached hydrogens (tertiary/aromatic N) is 1. The topological polar surface area (TPSA) is 97.4 Å². The number of hydrazine groups is 1. The summed E-state index contributed by atoms with van der Waals surface area (Å²) in [5.41, 5.74) is 4.96. The van der Waals surface area contributed by atoms with E-state index in [4.69, 9.17) is 4.74 Å². The van der Waals surface area contributed by atoms with Crippen molar-refractivity contribution in [3.05, 3.63) is 64.5 Å². The van der Waals surface area contributed by atoms with Gasteiger partial charge in [-0.2, -0.15) is 0 Å². The number of carbonyl (C=O) groups is 3. The minimum Gasteiger partial charge on any atom is -0.451 e. The van der Waals surface area contributed by atoms with Gasteiger partial charge in [-0.3, -0.25) is 20.4 Å². The molecule has 0 spiro atoms. The SMILES string of the molecule is O=C(COC(=O)c1csc(-c2cccs2)n1)NNC(=O)c1ccccc1. The molecule has 132 valence electrons. The van der Waals surface area contributed by atoms with Gasteiger partial charge in [0.2, 0.25) is 0 Å². The zero-order valence-electron chi connectivity index (χ0n) is 13.3. The Kier molecular flexibility index (Phi) is 5.72. The van der Waals surface area contributed by atoms with Gasteiger partial charge in [0.1, 0.15) is 5.01 Å². The van der Waals surface area contributed by atoms with Crippen molar-refractivity contribution in [3.63, 3.8) is 0 Å². The molecule has 0 saturated carbocycles. The summed E-state index contributed by atoms with van der Waals surface area (Å²) in [6.07, 6.45) is 0. The standard InChI is InChI=1S/C17H13N3O4S2/c21-14(19-20-15(22)11-5-2-1-3-6-11)9-24-17(23)12-10-26-16(18-12)13-7-4-8-25-13/h1-8,10H,9H2,(H,19,21)(H,20,22). The molecule has 0 aliphatic carbocycles. The average molecular weight is 387 g/mol. The molecule has 0 bridgehead atoms. The van der Waals surface area contributed by atoms with Crippen molar-refractivity contribution in [2.24, 2.45) is 0 Å². The van der Waals surface area contributed by atoms with Crippen LogP contribution in [0, 0.1) is 0 Å². The van der Waals surface area contributed by atoms with Crippen molar-refractivity contribution >= 4 is 40.5 Å². The van der Waals surface area contributed by atoms with Crippen LogP contribution in [0.15, 0.2) is 53.2 Å². The number of thiazole rings is 1. The smallest absolute Gasteiger partial charge is 0.358 e. The monoisotopic (exact) mass is 387 g/mol. The van der Waals surface area contributed by atoms with Crippen molar-refractivity contribution in [2.45, 2.75) is 0 Å². The Balaban J connectivity index is 1.45.